The lowest BCUT2D eigenvalue weighted by molar-refractivity contribution is 0.0692. The monoisotopic (exact) mass is 247 g/mol. The minimum absolute atomic E-state index is 0.197. The van der Waals surface area contributed by atoms with Crippen molar-refractivity contribution in [3.8, 4) is 0 Å². The molecule has 1 N–H and O–H groups in total. The molecule has 1 atom stereocenters. The second kappa shape index (κ2) is 4.76. The minimum Gasteiger partial charge on any atom is -0.340 e. The highest BCUT2D eigenvalue weighted by Crippen LogP contribution is 2.36. The smallest absolute Gasteiger partial charge is 0.270 e. The lowest BCUT2D eigenvalue weighted by Gasteiger charge is -2.27. The van der Waals surface area contributed by atoms with E-state index in [-0.39, 0.29) is 5.91 Å². The Balaban J connectivity index is 1.80. The standard InChI is InChI=1S/C14H21N3O/c1-2-16(12-7-8-15-10-12)14(18)13-4-3-9-17(13)11-5-6-11/h3-4,9,11-12,15H,2,5-8,10H2,1H3. The van der Waals surface area contributed by atoms with E-state index in [4.69, 9.17) is 0 Å². The molecule has 4 nitrogen and oxygen atoms in total. The normalized spacial score (nSPS) is 23.3. The Morgan fingerprint density at radius 1 is 1.50 bits per heavy atom. The van der Waals surface area contributed by atoms with Crippen LogP contribution in [0.15, 0.2) is 18.3 Å². The van der Waals surface area contributed by atoms with Crippen LogP contribution in [0.4, 0.5) is 0 Å². The molecule has 0 radical (unpaired) electrons. The van der Waals surface area contributed by atoms with Gasteiger partial charge in [0.1, 0.15) is 5.69 Å². The van der Waals surface area contributed by atoms with Crippen LogP contribution in [0, 0.1) is 0 Å². The number of hydrogen-bond donors (Lipinski definition) is 1. The van der Waals surface area contributed by atoms with E-state index in [2.05, 4.69) is 16.8 Å². The van der Waals surface area contributed by atoms with Crippen molar-refractivity contribution in [3.63, 3.8) is 0 Å². The summed E-state index contributed by atoms with van der Waals surface area (Å²) in [5, 5.41) is 3.34. The van der Waals surface area contributed by atoms with Crippen molar-refractivity contribution in [2.75, 3.05) is 19.6 Å². The SMILES string of the molecule is CCN(C(=O)c1cccn1C1CC1)C1CCNC1. The first-order chi connectivity index (χ1) is 8.81. The van der Waals surface area contributed by atoms with Gasteiger partial charge in [-0.25, -0.2) is 0 Å². The molecule has 1 aliphatic carbocycles. The lowest BCUT2D eigenvalue weighted by Crippen LogP contribution is -2.42. The van der Waals surface area contributed by atoms with Crippen LogP contribution in [0.2, 0.25) is 0 Å². The van der Waals surface area contributed by atoms with Gasteiger partial charge in [0.15, 0.2) is 0 Å². The number of amides is 1. The van der Waals surface area contributed by atoms with Gasteiger partial charge < -0.3 is 14.8 Å². The molecule has 2 heterocycles. The van der Waals surface area contributed by atoms with Gasteiger partial charge in [-0.1, -0.05) is 0 Å². The van der Waals surface area contributed by atoms with E-state index in [0.29, 0.717) is 12.1 Å². The lowest BCUT2D eigenvalue weighted by atomic mass is 10.2. The van der Waals surface area contributed by atoms with Gasteiger partial charge in [-0.15, -0.1) is 0 Å². The molecule has 0 bridgehead atoms. The van der Waals surface area contributed by atoms with E-state index in [1.807, 2.05) is 23.2 Å². The van der Waals surface area contributed by atoms with E-state index >= 15 is 0 Å². The number of nitrogens with one attached hydrogen (secondary N) is 1. The van der Waals surface area contributed by atoms with Crippen LogP contribution < -0.4 is 5.32 Å². The summed E-state index contributed by atoms with van der Waals surface area (Å²) < 4.78 is 2.16. The zero-order chi connectivity index (χ0) is 12.5. The molecule has 1 unspecified atom stereocenters. The summed E-state index contributed by atoms with van der Waals surface area (Å²) in [6.45, 7) is 4.82. The molecule has 1 saturated heterocycles. The highest BCUT2D eigenvalue weighted by molar-refractivity contribution is 5.93. The maximum absolute atomic E-state index is 12.7. The largest absolute Gasteiger partial charge is 0.340 e. The Kier molecular flexibility index (Phi) is 3.12. The Morgan fingerprint density at radius 2 is 2.33 bits per heavy atom. The first kappa shape index (κ1) is 11.8. The fourth-order valence-electron chi connectivity index (χ4n) is 2.87. The molecule has 1 amide bonds. The summed E-state index contributed by atoms with van der Waals surface area (Å²) in [7, 11) is 0. The fourth-order valence-corrected chi connectivity index (χ4v) is 2.87. The van der Waals surface area contributed by atoms with Crippen LogP contribution in [0.3, 0.4) is 0 Å². The summed E-state index contributed by atoms with van der Waals surface area (Å²) in [5.41, 5.74) is 0.867. The molecule has 0 spiro atoms. The molecule has 1 aromatic heterocycles. The van der Waals surface area contributed by atoms with Gasteiger partial charge in [-0.3, -0.25) is 4.79 Å². The van der Waals surface area contributed by atoms with Crippen molar-refractivity contribution in [2.45, 2.75) is 38.3 Å². The maximum Gasteiger partial charge on any atom is 0.270 e. The average Bonchev–Trinajstić information content (AvgIpc) is 2.92. The number of hydrogen-bond acceptors (Lipinski definition) is 2. The van der Waals surface area contributed by atoms with Gasteiger partial charge >= 0.3 is 0 Å². The maximum atomic E-state index is 12.7. The van der Waals surface area contributed by atoms with Crippen molar-refractivity contribution in [3.05, 3.63) is 24.0 Å². The quantitative estimate of drug-likeness (QED) is 0.878. The zero-order valence-electron chi connectivity index (χ0n) is 10.9. The van der Waals surface area contributed by atoms with Gasteiger partial charge in [0.05, 0.1) is 0 Å². The van der Waals surface area contributed by atoms with Crippen molar-refractivity contribution < 1.29 is 4.79 Å². The Labute approximate surface area is 108 Å². The number of aromatic nitrogens is 1. The number of rotatable bonds is 4. The van der Waals surface area contributed by atoms with Crippen molar-refractivity contribution in [2.24, 2.45) is 0 Å². The number of carbonyl (C=O) groups excluding carboxylic acids is 1. The molecule has 2 aliphatic rings. The summed E-state index contributed by atoms with van der Waals surface area (Å²) in [6.07, 6.45) is 5.55. The highest BCUT2D eigenvalue weighted by Gasteiger charge is 2.31. The van der Waals surface area contributed by atoms with Crippen molar-refractivity contribution >= 4 is 5.91 Å². The van der Waals surface area contributed by atoms with Crippen LogP contribution in [0.1, 0.15) is 42.7 Å². The fraction of sp³-hybridized carbons (Fsp3) is 0.643. The average molecular weight is 247 g/mol. The summed E-state index contributed by atoms with van der Waals surface area (Å²) in [5.74, 6) is 0.197. The summed E-state index contributed by atoms with van der Waals surface area (Å²) in [6, 6.07) is 4.89. The number of likely N-dealkylation sites (N-methyl/N-ethyl adjacent to an activating group) is 1. The van der Waals surface area contributed by atoms with E-state index in [9.17, 15) is 4.79 Å². The van der Waals surface area contributed by atoms with E-state index in [0.717, 1.165) is 31.7 Å². The minimum atomic E-state index is 0.197. The van der Waals surface area contributed by atoms with Crippen molar-refractivity contribution in [1.82, 2.24) is 14.8 Å². The van der Waals surface area contributed by atoms with Crippen LogP contribution in [-0.2, 0) is 0 Å². The Hall–Kier alpha value is -1.29. The van der Waals surface area contributed by atoms with Gasteiger partial charge in [0.25, 0.3) is 5.91 Å². The van der Waals surface area contributed by atoms with E-state index in [1.54, 1.807) is 0 Å². The van der Waals surface area contributed by atoms with Crippen LogP contribution in [0.5, 0.6) is 0 Å². The third kappa shape index (κ3) is 2.05. The molecular weight excluding hydrogens is 226 g/mol. The summed E-state index contributed by atoms with van der Waals surface area (Å²) >= 11 is 0. The third-order valence-electron chi connectivity index (χ3n) is 4.01. The van der Waals surface area contributed by atoms with Gasteiger partial charge in [-0.2, -0.15) is 0 Å². The van der Waals surface area contributed by atoms with Gasteiger partial charge in [-0.05, 0) is 44.9 Å². The molecule has 1 aromatic rings. The first-order valence-corrected chi connectivity index (χ1v) is 6.99. The Bertz CT molecular complexity index is 430. The molecule has 1 aliphatic heterocycles. The third-order valence-corrected chi connectivity index (χ3v) is 4.01. The van der Waals surface area contributed by atoms with Gasteiger partial charge in [0, 0.05) is 31.4 Å². The summed E-state index contributed by atoms with van der Waals surface area (Å²) in [4.78, 5) is 14.7. The highest BCUT2D eigenvalue weighted by atomic mass is 16.2. The predicted octanol–water partition coefficient (Wildman–Crippen LogP) is 1.65. The first-order valence-electron chi connectivity index (χ1n) is 6.99. The van der Waals surface area contributed by atoms with Crippen molar-refractivity contribution in [1.29, 1.82) is 0 Å². The molecule has 1 saturated carbocycles. The molecule has 2 fully saturated rings. The van der Waals surface area contributed by atoms with Crippen LogP contribution in [0.25, 0.3) is 0 Å². The van der Waals surface area contributed by atoms with Crippen LogP contribution in [-0.4, -0.2) is 41.1 Å². The van der Waals surface area contributed by atoms with Crippen LogP contribution >= 0.6 is 0 Å². The molecule has 98 valence electrons. The van der Waals surface area contributed by atoms with Gasteiger partial charge in [0.2, 0.25) is 0 Å². The molecule has 0 aromatic carbocycles. The topological polar surface area (TPSA) is 37.3 Å². The Morgan fingerprint density at radius 3 is 2.94 bits per heavy atom. The molecule has 18 heavy (non-hydrogen) atoms. The number of nitrogens with zero attached hydrogens (tertiary/aromatic N) is 2. The zero-order valence-corrected chi connectivity index (χ0v) is 10.9. The van der Waals surface area contributed by atoms with E-state index in [1.165, 1.54) is 12.8 Å². The predicted molar refractivity (Wildman–Crippen MR) is 70.7 cm³/mol. The molecular formula is C14H21N3O. The second-order valence-corrected chi connectivity index (χ2v) is 5.27. The molecule has 4 heteroatoms. The molecule has 3 rings (SSSR count). The second-order valence-electron chi connectivity index (χ2n) is 5.27. The number of carbonyl (C=O) groups is 1. The van der Waals surface area contributed by atoms with E-state index < -0.39 is 0 Å².